The molecule has 1 aromatic carbocycles. The molecule has 1 fully saturated rings. The highest BCUT2D eigenvalue weighted by Crippen LogP contribution is 2.11. The second-order valence-corrected chi connectivity index (χ2v) is 3.95. The Bertz CT molecular complexity index is 353. The summed E-state index contributed by atoms with van der Waals surface area (Å²) in [6.07, 6.45) is -0.377. The first-order valence-electron chi connectivity index (χ1n) is 5.48. The van der Waals surface area contributed by atoms with Crippen molar-refractivity contribution in [2.24, 2.45) is 0 Å². The van der Waals surface area contributed by atoms with Crippen molar-refractivity contribution >= 4 is 6.09 Å². The van der Waals surface area contributed by atoms with E-state index < -0.39 is 0 Å². The monoisotopic (exact) mass is 220 g/mol. The predicted molar refractivity (Wildman–Crippen MR) is 61.1 cm³/mol. The molecule has 1 saturated heterocycles. The lowest BCUT2D eigenvalue weighted by molar-refractivity contribution is 0.138. The van der Waals surface area contributed by atoms with Crippen molar-refractivity contribution < 1.29 is 9.53 Å². The molecular formula is C12H16N2O2. The van der Waals surface area contributed by atoms with Gasteiger partial charge in [-0.05, 0) is 12.5 Å². The Hall–Kier alpha value is -1.55. The zero-order valence-corrected chi connectivity index (χ0v) is 9.27. The maximum atomic E-state index is 10.8. The summed E-state index contributed by atoms with van der Waals surface area (Å²) in [7, 11) is 0. The largest absolute Gasteiger partial charge is 0.443 e. The molecule has 1 amide bonds. The Kier molecular flexibility index (Phi) is 3.41. The summed E-state index contributed by atoms with van der Waals surface area (Å²) in [5, 5.41) is 5.98. The van der Waals surface area contributed by atoms with Gasteiger partial charge in [0.15, 0.2) is 0 Å². The van der Waals surface area contributed by atoms with Crippen LogP contribution in [0.1, 0.15) is 18.5 Å². The Labute approximate surface area is 95.0 Å². The summed E-state index contributed by atoms with van der Waals surface area (Å²) in [6, 6.07) is 10.5. The third-order valence-electron chi connectivity index (χ3n) is 2.70. The molecule has 4 nitrogen and oxygen atoms in total. The van der Waals surface area contributed by atoms with Crippen LogP contribution in [0.2, 0.25) is 0 Å². The highest BCUT2D eigenvalue weighted by atomic mass is 16.6. The van der Waals surface area contributed by atoms with Crippen molar-refractivity contribution in [2.45, 2.75) is 19.1 Å². The minimum absolute atomic E-state index is 0.0568. The van der Waals surface area contributed by atoms with Gasteiger partial charge in [-0.25, -0.2) is 4.79 Å². The lowest BCUT2D eigenvalue weighted by atomic mass is 10.1. The summed E-state index contributed by atoms with van der Waals surface area (Å²) in [6.45, 7) is 3.36. The molecule has 0 aliphatic carbocycles. The summed E-state index contributed by atoms with van der Waals surface area (Å²) < 4.78 is 5.04. The molecule has 4 heteroatoms. The molecule has 1 unspecified atom stereocenters. The number of ether oxygens (including phenoxy) is 1. The fraction of sp³-hybridized carbons (Fsp3) is 0.417. The topological polar surface area (TPSA) is 50.4 Å². The first-order chi connectivity index (χ1) is 7.75. The van der Waals surface area contributed by atoms with Gasteiger partial charge in [0.25, 0.3) is 0 Å². The van der Waals surface area contributed by atoms with Gasteiger partial charge in [0, 0.05) is 12.6 Å². The molecule has 1 aliphatic rings. The number of carbonyl (C=O) groups is 1. The summed E-state index contributed by atoms with van der Waals surface area (Å²) in [5.74, 6) is 0. The zero-order valence-electron chi connectivity index (χ0n) is 9.27. The van der Waals surface area contributed by atoms with Crippen molar-refractivity contribution in [1.29, 1.82) is 0 Å². The fourth-order valence-electron chi connectivity index (χ4n) is 1.71. The van der Waals surface area contributed by atoms with E-state index in [1.54, 1.807) is 0 Å². The fourth-order valence-corrected chi connectivity index (χ4v) is 1.71. The van der Waals surface area contributed by atoms with Gasteiger partial charge in [0.1, 0.15) is 6.10 Å². The van der Waals surface area contributed by atoms with Crippen molar-refractivity contribution in [3.63, 3.8) is 0 Å². The summed E-state index contributed by atoms with van der Waals surface area (Å²) in [5.41, 5.74) is 1.24. The Morgan fingerprint density at radius 3 is 2.88 bits per heavy atom. The highest BCUT2D eigenvalue weighted by Gasteiger charge is 2.22. The maximum absolute atomic E-state index is 10.8. The van der Waals surface area contributed by atoms with E-state index in [0.29, 0.717) is 13.1 Å². The standard InChI is InChI=1S/C12H16N2O2/c1-9(10-5-3-2-4-6-10)13-7-11-8-14-12(15)16-11/h2-6,9,11,13H,7-8H2,1H3,(H,14,15)/t9-,11?/m0/s1. The summed E-state index contributed by atoms with van der Waals surface area (Å²) >= 11 is 0. The van der Waals surface area contributed by atoms with Crippen LogP contribution in [0.4, 0.5) is 4.79 Å². The van der Waals surface area contributed by atoms with E-state index in [1.807, 2.05) is 18.2 Å². The van der Waals surface area contributed by atoms with E-state index in [0.717, 1.165) is 0 Å². The molecule has 0 spiro atoms. The van der Waals surface area contributed by atoms with Crippen molar-refractivity contribution in [3.8, 4) is 0 Å². The number of nitrogens with one attached hydrogen (secondary N) is 2. The minimum Gasteiger partial charge on any atom is -0.443 e. The van der Waals surface area contributed by atoms with Gasteiger partial charge in [-0.1, -0.05) is 30.3 Å². The van der Waals surface area contributed by atoms with Gasteiger partial charge < -0.3 is 15.4 Å². The van der Waals surface area contributed by atoms with Gasteiger partial charge in [-0.3, -0.25) is 0 Å². The highest BCUT2D eigenvalue weighted by molar-refractivity contribution is 5.69. The number of hydrogen-bond acceptors (Lipinski definition) is 3. The molecule has 0 saturated carbocycles. The molecule has 86 valence electrons. The number of hydrogen-bond donors (Lipinski definition) is 2. The molecule has 16 heavy (non-hydrogen) atoms. The van der Waals surface area contributed by atoms with Gasteiger partial charge in [0.05, 0.1) is 6.54 Å². The van der Waals surface area contributed by atoms with Crippen molar-refractivity contribution in [1.82, 2.24) is 10.6 Å². The first kappa shape index (κ1) is 11.0. The second kappa shape index (κ2) is 4.99. The number of benzene rings is 1. The number of cyclic esters (lactones) is 1. The van der Waals surface area contributed by atoms with E-state index >= 15 is 0 Å². The molecule has 1 aliphatic heterocycles. The van der Waals surface area contributed by atoms with Crippen LogP contribution < -0.4 is 10.6 Å². The van der Waals surface area contributed by atoms with E-state index in [9.17, 15) is 4.79 Å². The van der Waals surface area contributed by atoms with E-state index in [2.05, 4.69) is 29.7 Å². The SMILES string of the molecule is C[C@H](NCC1CNC(=O)O1)c1ccccc1. The van der Waals surface area contributed by atoms with E-state index in [1.165, 1.54) is 5.56 Å². The van der Waals surface area contributed by atoms with E-state index in [4.69, 9.17) is 4.74 Å². The molecule has 0 bridgehead atoms. The Morgan fingerprint density at radius 2 is 2.25 bits per heavy atom. The smallest absolute Gasteiger partial charge is 0.407 e. The summed E-state index contributed by atoms with van der Waals surface area (Å²) in [4.78, 5) is 10.8. The zero-order chi connectivity index (χ0) is 11.4. The average molecular weight is 220 g/mol. The molecule has 2 rings (SSSR count). The van der Waals surface area contributed by atoms with E-state index in [-0.39, 0.29) is 18.2 Å². The van der Waals surface area contributed by atoms with Crippen LogP contribution in [0.5, 0.6) is 0 Å². The van der Waals surface area contributed by atoms with Crippen LogP contribution in [0.15, 0.2) is 30.3 Å². The van der Waals surface area contributed by atoms with Gasteiger partial charge >= 0.3 is 6.09 Å². The van der Waals surface area contributed by atoms with Crippen LogP contribution in [0.25, 0.3) is 0 Å². The molecule has 2 atom stereocenters. The van der Waals surface area contributed by atoms with Crippen LogP contribution in [-0.4, -0.2) is 25.3 Å². The third-order valence-corrected chi connectivity index (χ3v) is 2.70. The van der Waals surface area contributed by atoms with Gasteiger partial charge in [-0.2, -0.15) is 0 Å². The van der Waals surface area contributed by atoms with Crippen molar-refractivity contribution in [3.05, 3.63) is 35.9 Å². The first-order valence-corrected chi connectivity index (χ1v) is 5.48. The van der Waals surface area contributed by atoms with Gasteiger partial charge in [0.2, 0.25) is 0 Å². The lowest BCUT2D eigenvalue weighted by Gasteiger charge is -2.16. The van der Waals surface area contributed by atoms with Crippen LogP contribution in [0, 0.1) is 0 Å². The van der Waals surface area contributed by atoms with Crippen LogP contribution in [0.3, 0.4) is 0 Å². The Morgan fingerprint density at radius 1 is 1.50 bits per heavy atom. The molecule has 1 heterocycles. The number of alkyl carbamates (subject to hydrolysis) is 1. The minimum atomic E-state index is -0.320. The predicted octanol–water partition coefficient (Wildman–Crippen LogP) is 1.45. The molecular weight excluding hydrogens is 204 g/mol. The second-order valence-electron chi connectivity index (χ2n) is 3.95. The van der Waals surface area contributed by atoms with Gasteiger partial charge in [-0.15, -0.1) is 0 Å². The molecule has 1 aromatic rings. The van der Waals surface area contributed by atoms with Crippen LogP contribution in [-0.2, 0) is 4.74 Å². The molecule has 0 radical (unpaired) electrons. The Balaban J connectivity index is 1.80. The molecule has 2 N–H and O–H groups in total. The number of carbonyl (C=O) groups excluding carboxylic acids is 1. The normalized spacial score (nSPS) is 21.3. The maximum Gasteiger partial charge on any atom is 0.407 e. The molecule has 0 aromatic heterocycles. The quantitative estimate of drug-likeness (QED) is 0.807. The lowest BCUT2D eigenvalue weighted by Crippen LogP contribution is -2.31. The van der Waals surface area contributed by atoms with Crippen LogP contribution >= 0.6 is 0 Å². The van der Waals surface area contributed by atoms with Crippen molar-refractivity contribution in [2.75, 3.05) is 13.1 Å². The number of rotatable bonds is 4. The number of amides is 1. The third kappa shape index (κ3) is 2.73. The average Bonchev–Trinajstić information content (AvgIpc) is 2.73.